The first-order chi connectivity index (χ1) is 9.69. The van der Waals surface area contributed by atoms with Gasteiger partial charge in [-0.25, -0.2) is 4.79 Å². The van der Waals surface area contributed by atoms with E-state index in [-0.39, 0.29) is 12.5 Å². The van der Waals surface area contributed by atoms with E-state index >= 15 is 0 Å². The summed E-state index contributed by atoms with van der Waals surface area (Å²) in [6.07, 6.45) is 3.08. The smallest absolute Gasteiger partial charge is 0.408 e. The number of likely N-dealkylation sites (tertiary alicyclic amines) is 1. The molecule has 6 heteroatoms. The molecule has 3 rings (SSSR count). The van der Waals surface area contributed by atoms with Crippen LogP contribution in [0.3, 0.4) is 0 Å². The summed E-state index contributed by atoms with van der Waals surface area (Å²) in [5, 5.41) is 0.511. The Bertz CT molecular complexity index is 691. The fraction of sp³-hybridized carbons (Fsp3) is 0.429. The summed E-state index contributed by atoms with van der Waals surface area (Å²) in [7, 11) is 0. The third kappa shape index (κ3) is 2.35. The number of fused-ring (bicyclic) bond motifs is 1. The van der Waals surface area contributed by atoms with E-state index in [0.717, 1.165) is 19.5 Å². The summed E-state index contributed by atoms with van der Waals surface area (Å²) in [5.41, 5.74) is 1.19. The van der Waals surface area contributed by atoms with Crippen molar-refractivity contribution < 1.29 is 9.21 Å². The third-order valence-corrected chi connectivity index (χ3v) is 4.75. The molecular weight excluding hydrogens is 276 g/mol. The molecule has 0 bridgehead atoms. The van der Waals surface area contributed by atoms with Gasteiger partial charge in [0.15, 0.2) is 5.58 Å². The Labute approximate surface area is 120 Å². The van der Waals surface area contributed by atoms with E-state index in [1.807, 2.05) is 11.0 Å². The quantitative estimate of drug-likeness (QED) is 0.861. The maximum Gasteiger partial charge on any atom is 0.420 e. The lowest BCUT2D eigenvalue weighted by atomic mass is 10.3. The van der Waals surface area contributed by atoms with Crippen molar-refractivity contribution in [2.45, 2.75) is 18.2 Å². The first-order valence-electron chi connectivity index (χ1n) is 6.58. The first kappa shape index (κ1) is 13.3. The Balaban J connectivity index is 1.81. The van der Waals surface area contributed by atoms with E-state index in [0.29, 0.717) is 16.3 Å². The normalized spacial score (nSPS) is 18.9. The van der Waals surface area contributed by atoms with Gasteiger partial charge in [-0.3, -0.25) is 9.36 Å². The molecule has 1 aliphatic rings. The molecule has 0 radical (unpaired) electrons. The van der Waals surface area contributed by atoms with E-state index in [9.17, 15) is 9.59 Å². The summed E-state index contributed by atoms with van der Waals surface area (Å²) in [6.45, 7) is 1.59. The SMILES string of the molecule is CS[C@H]1CCN(C(=O)Cn2c(=O)oc3ccccc32)C1. The minimum Gasteiger partial charge on any atom is -0.408 e. The van der Waals surface area contributed by atoms with E-state index in [1.165, 1.54) is 4.57 Å². The van der Waals surface area contributed by atoms with Crippen LogP contribution in [0.1, 0.15) is 6.42 Å². The van der Waals surface area contributed by atoms with Crippen LogP contribution in [0.2, 0.25) is 0 Å². The standard InChI is InChI=1S/C14H16N2O3S/c1-20-10-6-7-15(8-10)13(17)9-16-11-4-2-3-5-12(11)19-14(16)18/h2-5,10H,6-9H2,1H3/t10-/m0/s1. The van der Waals surface area contributed by atoms with Gasteiger partial charge < -0.3 is 9.32 Å². The van der Waals surface area contributed by atoms with Crippen molar-refractivity contribution >= 4 is 28.8 Å². The zero-order valence-corrected chi connectivity index (χ0v) is 12.1. The van der Waals surface area contributed by atoms with Crippen LogP contribution >= 0.6 is 11.8 Å². The number of benzene rings is 1. The molecule has 2 aromatic rings. The van der Waals surface area contributed by atoms with Crippen LogP contribution in [0.5, 0.6) is 0 Å². The van der Waals surface area contributed by atoms with Gasteiger partial charge in [0, 0.05) is 18.3 Å². The van der Waals surface area contributed by atoms with Crippen LogP contribution in [0.15, 0.2) is 33.5 Å². The number of aromatic nitrogens is 1. The topological polar surface area (TPSA) is 55.5 Å². The molecule has 1 aromatic heterocycles. The number of hydrogen-bond donors (Lipinski definition) is 0. The van der Waals surface area contributed by atoms with E-state index in [2.05, 4.69) is 6.26 Å². The second kappa shape index (κ2) is 5.36. The summed E-state index contributed by atoms with van der Waals surface area (Å²) in [5.74, 6) is -0.490. The molecule has 1 saturated heterocycles. The third-order valence-electron chi connectivity index (χ3n) is 3.70. The van der Waals surface area contributed by atoms with E-state index < -0.39 is 5.76 Å². The van der Waals surface area contributed by atoms with E-state index in [4.69, 9.17) is 4.42 Å². The molecule has 106 valence electrons. The molecule has 1 aromatic carbocycles. The predicted octanol–water partition coefficient (Wildman–Crippen LogP) is 1.56. The highest BCUT2D eigenvalue weighted by atomic mass is 32.2. The average molecular weight is 292 g/mol. The van der Waals surface area contributed by atoms with Gasteiger partial charge in [0.1, 0.15) is 6.54 Å². The van der Waals surface area contributed by atoms with Gasteiger partial charge in [0.25, 0.3) is 0 Å². The van der Waals surface area contributed by atoms with Gasteiger partial charge in [-0.2, -0.15) is 11.8 Å². The molecule has 1 atom stereocenters. The maximum absolute atomic E-state index is 12.3. The molecule has 20 heavy (non-hydrogen) atoms. The van der Waals surface area contributed by atoms with Crippen LogP contribution in [0.4, 0.5) is 0 Å². The molecule has 0 aliphatic carbocycles. The lowest BCUT2D eigenvalue weighted by molar-refractivity contribution is -0.130. The molecule has 2 heterocycles. The van der Waals surface area contributed by atoms with Crippen molar-refractivity contribution in [2.24, 2.45) is 0 Å². The summed E-state index contributed by atoms with van der Waals surface area (Å²) >= 11 is 1.79. The van der Waals surface area contributed by atoms with Crippen molar-refractivity contribution in [3.05, 3.63) is 34.8 Å². The molecule has 0 spiro atoms. The lowest BCUT2D eigenvalue weighted by Gasteiger charge is -2.16. The van der Waals surface area contributed by atoms with Crippen molar-refractivity contribution in [1.82, 2.24) is 9.47 Å². The predicted molar refractivity (Wildman–Crippen MR) is 79.0 cm³/mol. The highest BCUT2D eigenvalue weighted by Gasteiger charge is 2.26. The van der Waals surface area contributed by atoms with E-state index in [1.54, 1.807) is 30.0 Å². The van der Waals surface area contributed by atoms with Gasteiger partial charge in [-0.15, -0.1) is 0 Å². The van der Waals surface area contributed by atoms with Crippen LogP contribution in [0.25, 0.3) is 11.1 Å². The number of thioether (sulfide) groups is 1. The number of amides is 1. The molecule has 1 amide bonds. The van der Waals surface area contributed by atoms with Gasteiger partial charge in [-0.1, -0.05) is 12.1 Å². The number of oxazole rings is 1. The molecule has 0 unspecified atom stereocenters. The van der Waals surface area contributed by atoms with Crippen molar-refractivity contribution in [3.63, 3.8) is 0 Å². The van der Waals surface area contributed by atoms with Crippen LogP contribution < -0.4 is 5.76 Å². The summed E-state index contributed by atoms with van der Waals surface area (Å²) < 4.78 is 6.54. The minimum absolute atomic E-state index is 0.0183. The number of carbonyl (C=O) groups is 1. The van der Waals surface area contributed by atoms with Crippen molar-refractivity contribution in [2.75, 3.05) is 19.3 Å². The van der Waals surface area contributed by atoms with Crippen molar-refractivity contribution in [3.8, 4) is 0 Å². The first-order valence-corrected chi connectivity index (χ1v) is 7.87. The van der Waals surface area contributed by atoms with Gasteiger partial charge >= 0.3 is 5.76 Å². The number of nitrogens with zero attached hydrogens (tertiary/aromatic N) is 2. The number of rotatable bonds is 3. The summed E-state index contributed by atoms with van der Waals surface area (Å²) in [4.78, 5) is 25.9. The lowest BCUT2D eigenvalue weighted by Crippen LogP contribution is -2.34. The fourth-order valence-corrected chi connectivity index (χ4v) is 3.22. The molecule has 0 saturated carbocycles. The molecule has 0 N–H and O–H groups in total. The Morgan fingerprint density at radius 1 is 1.45 bits per heavy atom. The Morgan fingerprint density at radius 2 is 2.25 bits per heavy atom. The zero-order chi connectivity index (χ0) is 14.1. The Hall–Kier alpha value is -1.69. The second-order valence-corrected chi connectivity index (χ2v) is 6.05. The van der Waals surface area contributed by atoms with Gasteiger partial charge in [0.2, 0.25) is 5.91 Å². The van der Waals surface area contributed by atoms with Crippen LogP contribution in [0, 0.1) is 0 Å². The maximum atomic E-state index is 12.3. The highest BCUT2D eigenvalue weighted by molar-refractivity contribution is 7.99. The molecule has 5 nitrogen and oxygen atoms in total. The summed E-state index contributed by atoms with van der Waals surface area (Å²) in [6, 6.07) is 7.17. The van der Waals surface area contributed by atoms with Crippen molar-refractivity contribution in [1.29, 1.82) is 0 Å². The number of hydrogen-bond acceptors (Lipinski definition) is 4. The molecule has 1 fully saturated rings. The zero-order valence-electron chi connectivity index (χ0n) is 11.2. The Morgan fingerprint density at radius 3 is 3.00 bits per heavy atom. The number of para-hydroxylation sites is 2. The highest BCUT2D eigenvalue weighted by Crippen LogP contribution is 2.20. The second-order valence-electron chi connectivity index (χ2n) is 4.91. The minimum atomic E-state index is -0.472. The monoisotopic (exact) mass is 292 g/mol. The fourth-order valence-electron chi connectivity index (χ4n) is 2.55. The number of carbonyl (C=O) groups excluding carboxylic acids is 1. The molecular formula is C14H16N2O3S. The Kier molecular flexibility index (Phi) is 3.56. The largest absolute Gasteiger partial charge is 0.420 e. The van der Waals surface area contributed by atoms with Gasteiger partial charge in [-0.05, 0) is 24.8 Å². The van der Waals surface area contributed by atoms with Crippen LogP contribution in [-0.2, 0) is 11.3 Å². The van der Waals surface area contributed by atoms with Crippen LogP contribution in [-0.4, -0.2) is 40.0 Å². The average Bonchev–Trinajstić information content (AvgIpc) is 3.04. The molecule has 1 aliphatic heterocycles. The van der Waals surface area contributed by atoms with Gasteiger partial charge in [0.05, 0.1) is 5.52 Å².